The molecule has 1 N–H and O–H groups in total. The second-order valence-corrected chi connectivity index (χ2v) is 7.39. The summed E-state index contributed by atoms with van der Waals surface area (Å²) in [7, 11) is 0. The molecule has 1 saturated heterocycles. The Hall–Kier alpha value is -2.66. The zero-order valence-corrected chi connectivity index (χ0v) is 17.0. The van der Waals surface area contributed by atoms with Crippen molar-refractivity contribution in [2.75, 3.05) is 42.5 Å². The van der Waals surface area contributed by atoms with E-state index in [0.717, 1.165) is 43.1 Å². The van der Waals surface area contributed by atoms with Gasteiger partial charge in [0.2, 0.25) is 0 Å². The predicted molar refractivity (Wildman–Crippen MR) is 113 cm³/mol. The van der Waals surface area contributed by atoms with E-state index < -0.39 is 0 Å². The average molecular weight is 381 g/mol. The molecule has 0 unspecified atom stereocenters. The molecule has 0 bridgehead atoms. The number of nitrogens with zero attached hydrogens (tertiary/aromatic N) is 2. The quantitative estimate of drug-likeness (QED) is 0.780. The summed E-state index contributed by atoms with van der Waals surface area (Å²) in [4.78, 5) is 30.1. The Kier molecular flexibility index (Phi) is 6.47. The highest BCUT2D eigenvalue weighted by Crippen LogP contribution is 2.16. The molecule has 0 aromatic heterocycles. The van der Waals surface area contributed by atoms with E-state index in [4.69, 9.17) is 0 Å². The lowest BCUT2D eigenvalue weighted by atomic mass is 10.1. The van der Waals surface area contributed by atoms with Crippen molar-refractivity contribution in [1.29, 1.82) is 0 Å². The Morgan fingerprint density at radius 1 is 1.04 bits per heavy atom. The van der Waals surface area contributed by atoms with Gasteiger partial charge in [-0.25, -0.2) is 0 Å². The van der Waals surface area contributed by atoms with E-state index >= 15 is 0 Å². The molecule has 2 aromatic carbocycles. The highest BCUT2D eigenvalue weighted by molar-refractivity contribution is 5.96. The van der Waals surface area contributed by atoms with Gasteiger partial charge in [0, 0.05) is 23.5 Å². The molecule has 0 radical (unpaired) electrons. The van der Waals surface area contributed by atoms with Crippen molar-refractivity contribution in [3.05, 3.63) is 60.2 Å². The summed E-state index contributed by atoms with van der Waals surface area (Å²) in [6.45, 7) is 9.99. The fraction of sp³-hybridized carbons (Fsp3) is 0.391. The van der Waals surface area contributed by atoms with Crippen LogP contribution in [-0.2, 0) is 4.79 Å². The van der Waals surface area contributed by atoms with Gasteiger partial charge in [-0.1, -0.05) is 18.2 Å². The summed E-state index contributed by atoms with van der Waals surface area (Å²) in [6.07, 6.45) is 0. The van der Waals surface area contributed by atoms with E-state index in [1.54, 1.807) is 6.92 Å². The second kappa shape index (κ2) is 9.02. The van der Waals surface area contributed by atoms with Crippen LogP contribution in [0.3, 0.4) is 0 Å². The molecule has 1 heterocycles. The van der Waals surface area contributed by atoms with Crippen LogP contribution in [0, 0.1) is 0 Å². The molecule has 1 atom stereocenters. The largest absolute Gasteiger partial charge is 0.360 e. The molecule has 5 heteroatoms. The van der Waals surface area contributed by atoms with Gasteiger partial charge in [-0.15, -0.1) is 0 Å². The minimum atomic E-state index is -0.0672. The van der Waals surface area contributed by atoms with Crippen LogP contribution in [0.4, 0.5) is 11.4 Å². The highest BCUT2D eigenvalue weighted by Gasteiger charge is 2.32. The molecule has 3 rings (SSSR count). The molecule has 0 aliphatic carbocycles. The number of benzene rings is 2. The summed E-state index contributed by atoms with van der Waals surface area (Å²) < 4.78 is 0. The lowest BCUT2D eigenvalue weighted by Crippen LogP contribution is -3.19. The average Bonchev–Trinajstić information content (AvgIpc) is 2.74. The first-order valence-electron chi connectivity index (χ1n) is 10.1. The van der Waals surface area contributed by atoms with Crippen LogP contribution in [-0.4, -0.2) is 50.5 Å². The SMILES string of the molecule is CCN(C(=O)[C@H](C)[NH+]1CCN(c2ccc(C(C)=O)cc2)CC1)c1ccccc1. The maximum Gasteiger partial charge on any atom is 0.284 e. The topological polar surface area (TPSA) is 45.1 Å². The normalized spacial score (nSPS) is 15.9. The molecule has 1 aliphatic rings. The molecule has 1 amide bonds. The van der Waals surface area contributed by atoms with Crippen LogP contribution in [0.15, 0.2) is 54.6 Å². The number of ketones is 1. The molecule has 0 saturated carbocycles. The Bertz CT molecular complexity index is 796. The van der Waals surface area contributed by atoms with E-state index in [1.807, 2.05) is 73.3 Å². The predicted octanol–water partition coefficient (Wildman–Crippen LogP) is 2.04. The molecule has 1 fully saturated rings. The maximum absolute atomic E-state index is 13.1. The standard InChI is InChI=1S/C23H29N3O2/c1-4-26(22-8-6-5-7-9-22)23(28)18(2)24-14-16-25(17-15-24)21-12-10-20(11-13-21)19(3)27/h5-13,18H,4,14-17H2,1-3H3/p+1/t18-/m0/s1. The van der Waals surface area contributed by atoms with Crippen molar-refractivity contribution >= 4 is 23.1 Å². The van der Waals surface area contributed by atoms with Crippen molar-refractivity contribution in [2.24, 2.45) is 0 Å². The maximum atomic E-state index is 13.1. The zero-order chi connectivity index (χ0) is 20.1. The Morgan fingerprint density at radius 2 is 1.64 bits per heavy atom. The van der Waals surface area contributed by atoms with Crippen molar-refractivity contribution in [1.82, 2.24) is 0 Å². The lowest BCUT2D eigenvalue weighted by Gasteiger charge is -2.37. The number of quaternary nitrogens is 1. The number of likely N-dealkylation sites (N-methyl/N-ethyl adjacent to an activating group) is 1. The molecular weight excluding hydrogens is 350 g/mol. The second-order valence-electron chi connectivity index (χ2n) is 7.39. The third-order valence-corrected chi connectivity index (χ3v) is 5.68. The number of carbonyl (C=O) groups excluding carboxylic acids is 2. The van der Waals surface area contributed by atoms with Crippen molar-refractivity contribution in [3.63, 3.8) is 0 Å². The number of nitrogens with one attached hydrogen (secondary N) is 1. The van der Waals surface area contributed by atoms with E-state index in [1.165, 1.54) is 4.90 Å². The van der Waals surface area contributed by atoms with E-state index in [9.17, 15) is 9.59 Å². The third kappa shape index (κ3) is 4.42. The Labute approximate surface area is 167 Å². The molecular formula is C23H30N3O2+. The highest BCUT2D eigenvalue weighted by atomic mass is 16.2. The molecule has 148 valence electrons. The third-order valence-electron chi connectivity index (χ3n) is 5.68. The van der Waals surface area contributed by atoms with Crippen molar-refractivity contribution in [3.8, 4) is 0 Å². The number of amides is 1. The van der Waals surface area contributed by atoms with Crippen LogP contribution in [0.5, 0.6) is 0 Å². The van der Waals surface area contributed by atoms with Gasteiger partial charge >= 0.3 is 0 Å². The Balaban J connectivity index is 1.60. The van der Waals surface area contributed by atoms with Gasteiger partial charge in [-0.2, -0.15) is 0 Å². The number of carbonyl (C=O) groups is 2. The first kappa shape index (κ1) is 20.1. The summed E-state index contributed by atoms with van der Waals surface area (Å²) in [5, 5.41) is 0. The number of piperazine rings is 1. The lowest BCUT2D eigenvalue weighted by molar-refractivity contribution is -0.914. The van der Waals surface area contributed by atoms with Gasteiger partial charge in [0.25, 0.3) is 5.91 Å². The first-order chi connectivity index (χ1) is 13.5. The smallest absolute Gasteiger partial charge is 0.284 e. The molecule has 28 heavy (non-hydrogen) atoms. The zero-order valence-electron chi connectivity index (χ0n) is 17.0. The number of Topliss-reactive ketones (excluding diaryl/α,β-unsaturated/α-hetero) is 1. The molecule has 1 aliphatic heterocycles. The molecule has 2 aromatic rings. The Morgan fingerprint density at radius 3 is 2.18 bits per heavy atom. The number of rotatable bonds is 6. The minimum Gasteiger partial charge on any atom is -0.360 e. The van der Waals surface area contributed by atoms with Gasteiger partial charge in [-0.05, 0) is 57.2 Å². The van der Waals surface area contributed by atoms with E-state index in [2.05, 4.69) is 4.90 Å². The van der Waals surface area contributed by atoms with Crippen molar-refractivity contribution < 1.29 is 14.5 Å². The summed E-state index contributed by atoms with van der Waals surface area (Å²) in [5.41, 5.74) is 2.85. The van der Waals surface area contributed by atoms with Gasteiger partial charge in [-0.3, -0.25) is 9.59 Å². The van der Waals surface area contributed by atoms with Gasteiger partial charge in [0.15, 0.2) is 11.8 Å². The van der Waals surface area contributed by atoms with Crippen LogP contribution in [0.2, 0.25) is 0 Å². The van der Waals surface area contributed by atoms with Gasteiger partial charge in [0.1, 0.15) is 0 Å². The fourth-order valence-electron chi connectivity index (χ4n) is 3.87. The van der Waals surface area contributed by atoms with Crippen LogP contribution in [0.25, 0.3) is 0 Å². The summed E-state index contributed by atoms with van der Waals surface area (Å²) in [5.74, 6) is 0.273. The van der Waals surface area contributed by atoms with Crippen molar-refractivity contribution in [2.45, 2.75) is 26.8 Å². The minimum absolute atomic E-state index is 0.0672. The number of anilines is 2. The van der Waals surface area contributed by atoms with E-state index in [0.29, 0.717) is 6.54 Å². The molecule has 0 spiro atoms. The fourth-order valence-corrected chi connectivity index (χ4v) is 3.87. The van der Waals surface area contributed by atoms with E-state index in [-0.39, 0.29) is 17.7 Å². The molecule has 5 nitrogen and oxygen atoms in total. The van der Waals surface area contributed by atoms with Crippen LogP contribution >= 0.6 is 0 Å². The van der Waals surface area contributed by atoms with Gasteiger partial charge in [0.05, 0.1) is 26.2 Å². The van der Waals surface area contributed by atoms with Crippen LogP contribution in [0.1, 0.15) is 31.1 Å². The number of hydrogen-bond acceptors (Lipinski definition) is 3. The number of hydrogen-bond donors (Lipinski definition) is 1. The van der Waals surface area contributed by atoms with Gasteiger partial charge < -0.3 is 14.7 Å². The first-order valence-corrected chi connectivity index (χ1v) is 10.1. The van der Waals surface area contributed by atoms with Crippen LogP contribution < -0.4 is 14.7 Å². The summed E-state index contributed by atoms with van der Waals surface area (Å²) >= 11 is 0. The summed E-state index contributed by atoms with van der Waals surface area (Å²) in [6, 6.07) is 17.6. The monoisotopic (exact) mass is 380 g/mol. The number of para-hydroxylation sites is 1.